The summed E-state index contributed by atoms with van der Waals surface area (Å²) in [5.41, 5.74) is 0. The van der Waals surface area contributed by atoms with Crippen LogP contribution in [-0.4, -0.2) is 25.1 Å². The molecule has 0 spiro atoms. The van der Waals surface area contributed by atoms with E-state index in [2.05, 4.69) is 0 Å². The van der Waals surface area contributed by atoms with Crippen molar-refractivity contribution in [3.05, 3.63) is 16.3 Å². The van der Waals surface area contributed by atoms with Crippen LogP contribution < -0.4 is 4.74 Å². The Bertz CT molecular complexity index is 358. The fourth-order valence-electron chi connectivity index (χ4n) is 1.78. The quantitative estimate of drug-likeness (QED) is 0.743. The largest absolute Gasteiger partial charge is 0.495 e. The maximum atomic E-state index is 12.0. The van der Waals surface area contributed by atoms with Crippen LogP contribution in [0.3, 0.4) is 0 Å². The maximum Gasteiger partial charge on any atom is 0.205 e. The predicted octanol–water partition coefficient (Wildman–Crippen LogP) is 2.51. The number of ketones is 1. The lowest BCUT2D eigenvalue weighted by atomic mass is 10.1. The van der Waals surface area contributed by atoms with Crippen molar-refractivity contribution in [2.45, 2.75) is 32.0 Å². The zero-order valence-corrected chi connectivity index (χ0v) is 9.67. The second kappa shape index (κ2) is 4.33. The van der Waals surface area contributed by atoms with Crippen molar-refractivity contribution in [2.24, 2.45) is 0 Å². The van der Waals surface area contributed by atoms with E-state index in [1.807, 2.05) is 18.4 Å². The van der Waals surface area contributed by atoms with Crippen LogP contribution in [0.5, 0.6) is 5.75 Å². The number of thiophene rings is 1. The fourth-order valence-corrected chi connectivity index (χ4v) is 2.62. The molecule has 2 atom stereocenters. The van der Waals surface area contributed by atoms with E-state index in [9.17, 15) is 4.79 Å². The van der Waals surface area contributed by atoms with Crippen molar-refractivity contribution in [1.29, 1.82) is 0 Å². The summed E-state index contributed by atoms with van der Waals surface area (Å²) in [6.07, 6.45) is 1.71. The summed E-state index contributed by atoms with van der Waals surface area (Å²) in [6, 6.07) is 1.82. The molecule has 4 heteroatoms. The van der Waals surface area contributed by atoms with Crippen molar-refractivity contribution in [1.82, 2.24) is 0 Å². The molecule has 2 unspecified atom stereocenters. The number of ether oxygens (including phenoxy) is 2. The molecule has 1 aliphatic heterocycles. The van der Waals surface area contributed by atoms with Gasteiger partial charge in [0, 0.05) is 0 Å². The Hall–Kier alpha value is -0.870. The predicted molar refractivity (Wildman–Crippen MR) is 58.8 cm³/mol. The average Bonchev–Trinajstić information content (AvgIpc) is 2.84. The number of carbonyl (C=O) groups is 1. The number of hydrogen-bond donors (Lipinski definition) is 0. The van der Waals surface area contributed by atoms with Gasteiger partial charge in [0.25, 0.3) is 0 Å². The molecular formula is C11H14O3S. The first kappa shape index (κ1) is 10.6. The molecule has 2 rings (SSSR count). The standard InChI is InChI=1S/C11H14O3S/c1-7-3-4-8(14-7)10(12)11-9(13-2)5-6-15-11/h5-8H,3-4H2,1-2H3. The minimum atomic E-state index is -0.271. The van der Waals surface area contributed by atoms with Crippen molar-refractivity contribution >= 4 is 17.1 Å². The summed E-state index contributed by atoms with van der Waals surface area (Å²) in [5.74, 6) is 0.722. The summed E-state index contributed by atoms with van der Waals surface area (Å²) in [7, 11) is 1.58. The Labute approximate surface area is 93.0 Å². The fraction of sp³-hybridized carbons (Fsp3) is 0.545. The molecule has 0 bridgehead atoms. The second-order valence-electron chi connectivity index (χ2n) is 3.70. The van der Waals surface area contributed by atoms with E-state index >= 15 is 0 Å². The van der Waals surface area contributed by atoms with Crippen molar-refractivity contribution in [3.8, 4) is 5.75 Å². The number of rotatable bonds is 3. The Morgan fingerprint density at radius 3 is 3.00 bits per heavy atom. The van der Waals surface area contributed by atoms with Crippen LogP contribution in [0.1, 0.15) is 29.4 Å². The third-order valence-corrected chi connectivity index (χ3v) is 3.51. The Balaban J connectivity index is 2.14. The van der Waals surface area contributed by atoms with Crippen molar-refractivity contribution in [3.63, 3.8) is 0 Å². The van der Waals surface area contributed by atoms with E-state index in [1.54, 1.807) is 7.11 Å². The molecular weight excluding hydrogens is 212 g/mol. The van der Waals surface area contributed by atoms with E-state index in [0.29, 0.717) is 10.6 Å². The topological polar surface area (TPSA) is 35.5 Å². The highest BCUT2D eigenvalue weighted by Crippen LogP contribution is 2.30. The molecule has 0 saturated carbocycles. The second-order valence-corrected chi connectivity index (χ2v) is 4.61. The zero-order chi connectivity index (χ0) is 10.8. The lowest BCUT2D eigenvalue weighted by molar-refractivity contribution is 0.0435. The average molecular weight is 226 g/mol. The van der Waals surface area contributed by atoms with E-state index in [-0.39, 0.29) is 18.0 Å². The molecule has 2 heterocycles. The number of hydrogen-bond acceptors (Lipinski definition) is 4. The Kier molecular flexibility index (Phi) is 3.07. The van der Waals surface area contributed by atoms with Crippen LogP contribution in [0, 0.1) is 0 Å². The molecule has 0 aliphatic carbocycles. The highest BCUT2D eigenvalue weighted by Gasteiger charge is 2.31. The van der Waals surface area contributed by atoms with Crippen LogP contribution >= 0.6 is 11.3 Å². The van der Waals surface area contributed by atoms with E-state index in [1.165, 1.54) is 11.3 Å². The number of methoxy groups -OCH3 is 1. The van der Waals surface area contributed by atoms with Gasteiger partial charge in [0.05, 0.1) is 13.2 Å². The smallest absolute Gasteiger partial charge is 0.205 e. The highest BCUT2D eigenvalue weighted by molar-refractivity contribution is 7.12. The lowest BCUT2D eigenvalue weighted by Crippen LogP contribution is -2.20. The minimum absolute atomic E-state index is 0.0613. The van der Waals surface area contributed by atoms with Gasteiger partial charge in [0.15, 0.2) is 0 Å². The van der Waals surface area contributed by atoms with Gasteiger partial charge in [-0.3, -0.25) is 4.79 Å². The van der Waals surface area contributed by atoms with Crippen LogP contribution in [0.25, 0.3) is 0 Å². The molecule has 1 aromatic rings. The van der Waals surface area contributed by atoms with Gasteiger partial charge in [0.2, 0.25) is 5.78 Å². The molecule has 0 aromatic carbocycles. The normalized spacial score (nSPS) is 25.5. The van der Waals surface area contributed by atoms with Gasteiger partial charge >= 0.3 is 0 Å². The molecule has 1 saturated heterocycles. The van der Waals surface area contributed by atoms with E-state index < -0.39 is 0 Å². The highest BCUT2D eigenvalue weighted by atomic mass is 32.1. The van der Waals surface area contributed by atoms with Gasteiger partial charge in [0.1, 0.15) is 16.7 Å². The first-order valence-corrected chi connectivity index (χ1v) is 5.91. The van der Waals surface area contributed by atoms with Gasteiger partial charge in [-0.1, -0.05) is 0 Å². The molecule has 1 aromatic heterocycles. The number of carbonyl (C=O) groups excluding carboxylic acids is 1. The van der Waals surface area contributed by atoms with Crippen LogP contribution in [0.4, 0.5) is 0 Å². The molecule has 82 valence electrons. The summed E-state index contributed by atoms with van der Waals surface area (Å²) in [4.78, 5) is 12.7. The van der Waals surface area contributed by atoms with Crippen molar-refractivity contribution in [2.75, 3.05) is 7.11 Å². The monoisotopic (exact) mass is 226 g/mol. The van der Waals surface area contributed by atoms with Crippen LogP contribution in [0.15, 0.2) is 11.4 Å². The molecule has 15 heavy (non-hydrogen) atoms. The molecule has 0 N–H and O–H groups in total. The van der Waals surface area contributed by atoms with Crippen LogP contribution in [-0.2, 0) is 4.74 Å². The summed E-state index contributed by atoms with van der Waals surface area (Å²) < 4.78 is 10.7. The van der Waals surface area contributed by atoms with Gasteiger partial charge in [-0.15, -0.1) is 11.3 Å². The first-order chi connectivity index (χ1) is 7.22. The third kappa shape index (κ3) is 2.06. The van der Waals surface area contributed by atoms with Gasteiger partial charge in [-0.05, 0) is 31.2 Å². The van der Waals surface area contributed by atoms with Gasteiger partial charge in [-0.2, -0.15) is 0 Å². The summed E-state index contributed by atoms with van der Waals surface area (Å²) in [6.45, 7) is 2.00. The summed E-state index contributed by atoms with van der Waals surface area (Å²) in [5, 5.41) is 1.87. The zero-order valence-electron chi connectivity index (χ0n) is 8.86. The SMILES string of the molecule is COc1ccsc1C(=O)C1CCC(C)O1. The molecule has 3 nitrogen and oxygen atoms in total. The lowest BCUT2D eigenvalue weighted by Gasteiger charge is -2.09. The van der Waals surface area contributed by atoms with Crippen LogP contribution in [0.2, 0.25) is 0 Å². The molecule has 1 aliphatic rings. The first-order valence-electron chi connectivity index (χ1n) is 5.03. The van der Waals surface area contributed by atoms with E-state index in [4.69, 9.17) is 9.47 Å². The van der Waals surface area contributed by atoms with Gasteiger partial charge < -0.3 is 9.47 Å². The van der Waals surface area contributed by atoms with Gasteiger partial charge in [-0.25, -0.2) is 0 Å². The Morgan fingerprint density at radius 1 is 1.60 bits per heavy atom. The number of Topliss-reactive ketones (excluding diaryl/α,β-unsaturated/α-hetero) is 1. The minimum Gasteiger partial charge on any atom is -0.495 e. The summed E-state index contributed by atoms with van der Waals surface area (Å²) >= 11 is 1.42. The van der Waals surface area contributed by atoms with Crippen molar-refractivity contribution < 1.29 is 14.3 Å². The molecule has 0 radical (unpaired) electrons. The van der Waals surface area contributed by atoms with E-state index in [0.717, 1.165) is 12.8 Å². The third-order valence-electron chi connectivity index (χ3n) is 2.60. The maximum absolute atomic E-state index is 12.0. The Morgan fingerprint density at radius 2 is 2.40 bits per heavy atom. The molecule has 0 amide bonds. The molecule has 1 fully saturated rings.